The Balaban J connectivity index is -0.00000220. The molecule has 0 heterocycles. The van der Waals surface area contributed by atoms with E-state index in [0.717, 1.165) is 23.0 Å². The van der Waals surface area contributed by atoms with Crippen molar-refractivity contribution < 1.29 is 76.6 Å². The SMILES string of the molecule is N[C@@H](CCSSCCSSCC[C@H](N)CS(=O)[O-])CS(=O)[O-].[Na+].[Na+]. The van der Waals surface area contributed by atoms with Gasteiger partial charge in [0.2, 0.25) is 0 Å². The van der Waals surface area contributed by atoms with E-state index in [-0.39, 0.29) is 82.7 Å². The van der Waals surface area contributed by atoms with Crippen LogP contribution in [0.5, 0.6) is 0 Å². The van der Waals surface area contributed by atoms with Crippen molar-refractivity contribution in [3.63, 3.8) is 0 Å². The Hall–Kier alpha value is 3.54. The first-order valence-corrected chi connectivity index (χ1v) is 14.0. The van der Waals surface area contributed by atoms with Gasteiger partial charge in [-0.15, -0.1) is 0 Å². The maximum atomic E-state index is 10.4. The molecule has 0 amide bonds. The fourth-order valence-electron chi connectivity index (χ4n) is 1.22. The largest absolute Gasteiger partial charge is 1.00 e. The summed E-state index contributed by atoms with van der Waals surface area (Å²) >= 11 is -4.11. The van der Waals surface area contributed by atoms with Crippen LogP contribution < -0.4 is 70.6 Å². The molecular weight excluding hydrogens is 451 g/mol. The molecule has 0 saturated carbocycles. The Morgan fingerprint density at radius 3 is 1.29 bits per heavy atom. The summed E-state index contributed by atoms with van der Waals surface area (Å²) < 4.78 is 41.7. The van der Waals surface area contributed by atoms with Gasteiger partial charge in [0, 0.05) is 46.6 Å². The van der Waals surface area contributed by atoms with Gasteiger partial charge in [0.1, 0.15) is 0 Å². The minimum atomic E-state index is -2.06. The van der Waals surface area contributed by atoms with Crippen LogP contribution in [0.15, 0.2) is 0 Å². The number of rotatable bonds is 15. The van der Waals surface area contributed by atoms with Crippen molar-refractivity contribution in [2.24, 2.45) is 11.5 Å². The molecule has 2 unspecified atom stereocenters. The van der Waals surface area contributed by atoms with Crippen LogP contribution in [0.25, 0.3) is 0 Å². The van der Waals surface area contributed by atoms with Crippen molar-refractivity contribution in [2.45, 2.75) is 24.9 Å². The molecule has 4 N–H and O–H groups in total. The molecule has 0 rings (SSSR count). The van der Waals surface area contributed by atoms with E-state index in [9.17, 15) is 17.5 Å². The molecule has 0 saturated heterocycles. The van der Waals surface area contributed by atoms with Crippen LogP contribution in [-0.2, 0) is 22.2 Å². The van der Waals surface area contributed by atoms with Gasteiger partial charge in [0.25, 0.3) is 0 Å². The van der Waals surface area contributed by atoms with Gasteiger partial charge in [-0.2, -0.15) is 0 Å². The molecule has 0 fully saturated rings. The van der Waals surface area contributed by atoms with Gasteiger partial charge >= 0.3 is 59.1 Å². The molecule has 0 aliphatic heterocycles. The van der Waals surface area contributed by atoms with Crippen molar-refractivity contribution in [3.05, 3.63) is 0 Å². The van der Waals surface area contributed by atoms with Crippen molar-refractivity contribution >= 4 is 65.3 Å². The van der Waals surface area contributed by atoms with E-state index in [1.54, 1.807) is 43.2 Å². The van der Waals surface area contributed by atoms with Gasteiger partial charge in [-0.25, -0.2) is 0 Å². The molecule has 0 aromatic carbocycles. The smallest absolute Gasteiger partial charge is 0.772 e. The van der Waals surface area contributed by atoms with E-state index in [0.29, 0.717) is 12.8 Å². The molecule has 0 aliphatic rings. The molecule has 24 heavy (non-hydrogen) atoms. The summed E-state index contributed by atoms with van der Waals surface area (Å²) in [6.07, 6.45) is 1.40. The summed E-state index contributed by atoms with van der Waals surface area (Å²) in [7, 11) is 6.92. The van der Waals surface area contributed by atoms with Crippen molar-refractivity contribution in [2.75, 3.05) is 34.5 Å². The molecule has 134 valence electrons. The van der Waals surface area contributed by atoms with Crippen molar-refractivity contribution in [1.29, 1.82) is 0 Å². The standard InChI is InChI=1S/C10H24N2O4S6.2Na/c11-9(7-21(13)14)1-3-17-19-5-6-20-18-4-2-10(12)8-22(15)16;;/h9-10H,1-8,11-12H2,(H,13,14)(H,15,16);;/q;2*+1/p-2/t9-,10-;;/m0../s1. The minimum Gasteiger partial charge on any atom is -0.772 e. The maximum Gasteiger partial charge on any atom is 1.00 e. The molecular formula is C10H22N2Na2O4S6. The molecule has 0 aromatic heterocycles. The summed E-state index contributed by atoms with van der Waals surface area (Å²) in [6.45, 7) is 0. The zero-order chi connectivity index (χ0) is 16.8. The zero-order valence-corrected chi connectivity index (χ0v) is 22.9. The quantitative estimate of drug-likeness (QED) is 0.103. The minimum absolute atomic E-state index is 0. The molecule has 4 atom stereocenters. The fourth-order valence-corrected chi connectivity index (χ4v) is 7.28. The summed E-state index contributed by atoms with van der Waals surface area (Å²) in [5.41, 5.74) is 11.3. The van der Waals surface area contributed by atoms with Gasteiger partial charge in [0.15, 0.2) is 0 Å². The summed E-state index contributed by atoms with van der Waals surface area (Å²) in [4.78, 5) is 0. The first kappa shape index (κ1) is 32.2. The van der Waals surface area contributed by atoms with Crippen molar-refractivity contribution in [3.8, 4) is 0 Å². The normalized spacial score (nSPS) is 15.7. The predicted molar refractivity (Wildman–Crippen MR) is 103 cm³/mol. The Kier molecular flexibility index (Phi) is 30.6. The summed E-state index contributed by atoms with van der Waals surface area (Å²) in [6, 6.07) is -0.548. The van der Waals surface area contributed by atoms with E-state index in [2.05, 4.69) is 0 Å². The van der Waals surface area contributed by atoms with Crippen LogP contribution in [0.3, 0.4) is 0 Å². The van der Waals surface area contributed by atoms with E-state index in [4.69, 9.17) is 11.5 Å². The van der Waals surface area contributed by atoms with E-state index in [1.165, 1.54) is 0 Å². The number of hydrogen-bond donors (Lipinski definition) is 2. The zero-order valence-electron chi connectivity index (χ0n) is 14.0. The van der Waals surface area contributed by atoms with Crippen LogP contribution in [0, 0.1) is 0 Å². The fraction of sp³-hybridized carbons (Fsp3) is 1.00. The predicted octanol–water partition coefficient (Wildman–Crippen LogP) is -5.05. The maximum absolute atomic E-state index is 10.4. The third kappa shape index (κ3) is 25.5. The first-order chi connectivity index (χ1) is 10.4. The summed E-state index contributed by atoms with van der Waals surface area (Å²) in [5.74, 6) is 3.76. The van der Waals surface area contributed by atoms with Crippen molar-refractivity contribution in [1.82, 2.24) is 0 Å². The first-order valence-electron chi connectivity index (χ1n) is 6.53. The van der Waals surface area contributed by atoms with Crippen LogP contribution in [-0.4, -0.2) is 64.1 Å². The number of hydrogen-bond acceptors (Lipinski definition) is 10. The van der Waals surface area contributed by atoms with E-state index >= 15 is 0 Å². The second-order valence-electron chi connectivity index (χ2n) is 4.33. The van der Waals surface area contributed by atoms with Gasteiger partial charge < -0.3 is 20.6 Å². The molecule has 14 heteroatoms. The van der Waals surface area contributed by atoms with Gasteiger partial charge in [-0.05, 0) is 12.8 Å². The van der Waals surface area contributed by atoms with Crippen LogP contribution >= 0.6 is 43.2 Å². The average molecular weight is 473 g/mol. The monoisotopic (exact) mass is 472 g/mol. The molecule has 6 nitrogen and oxygen atoms in total. The molecule has 0 bridgehead atoms. The van der Waals surface area contributed by atoms with E-state index < -0.39 is 22.2 Å². The average Bonchev–Trinajstić information content (AvgIpc) is 2.39. The van der Waals surface area contributed by atoms with Gasteiger partial charge in [-0.1, -0.05) is 65.3 Å². The second kappa shape index (κ2) is 22.8. The second-order valence-corrected chi connectivity index (χ2v) is 11.6. The van der Waals surface area contributed by atoms with Crippen LogP contribution in [0.2, 0.25) is 0 Å². The van der Waals surface area contributed by atoms with Gasteiger partial charge in [0.05, 0.1) is 0 Å². The summed E-state index contributed by atoms with van der Waals surface area (Å²) in [5, 5.41) is 0. The third-order valence-electron chi connectivity index (χ3n) is 2.26. The van der Waals surface area contributed by atoms with Crippen LogP contribution in [0.1, 0.15) is 12.8 Å². The van der Waals surface area contributed by atoms with Gasteiger partial charge in [-0.3, -0.25) is 8.42 Å². The van der Waals surface area contributed by atoms with E-state index in [1.807, 2.05) is 0 Å². The topological polar surface area (TPSA) is 132 Å². The Morgan fingerprint density at radius 2 is 1.00 bits per heavy atom. The molecule has 0 aliphatic carbocycles. The Morgan fingerprint density at radius 1 is 0.708 bits per heavy atom. The Bertz CT molecular complexity index is 306. The molecule has 0 spiro atoms. The molecule has 0 aromatic rings. The van der Waals surface area contributed by atoms with Crippen LogP contribution in [0.4, 0.5) is 0 Å². The third-order valence-corrected chi connectivity index (χ3v) is 8.80. The molecule has 0 radical (unpaired) electrons. The number of nitrogens with two attached hydrogens (primary N) is 2. The Labute approximate surface area is 210 Å².